The van der Waals surface area contributed by atoms with E-state index in [0.717, 1.165) is 11.3 Å². The molecule has 0 aliphatic heterocycles. The summed E-state index contributed by atoms with van der Waals surface area (Å²) >= 11 is 16.9. The minimum Gasteiger partial charge on any atom is -0.396 e. The largest absolute Gasteiger partial charge is 0.396 e. The van der Waals surface area contributed by atoms with Gasteiger partial charge in [-0.3, -0.25) is 10.1 Å². The molecule has 0 aromatic heterocycles. The Kier molecular flexibility index (Phi) is 6.36. The number of benzene rings is 2. The Labute approximate surface area is 149 Å². The summed E-state index contributed by atoms with van der Waals surface area (Å²) in [5, 5.41) is 15.2. The highest BCUT2D eigenvalue weighted by Gasteiger charge is 2.12. The normalized spacial score (nSPS) is 10.2. The van der Waals surface area contributed by atoms with Crippen molar-refractivity contribution in [2.75, 3.05) is 11.9 Å². The maximum atomic E-state index is 12.1. The molecule has 0 saturated heterocycles. The second-order valence-electron chi connectivity index (χ2n) is 4.70. The van der Waals surface area contributed by atoms with E-state index in [9.17, 15) is 4.79 Å². The molecule has 1 amide bonds. The van der Waals surface area contributed by atoms with Crippen molar-refractivity contribution >= 4 is 52.1 Å². The van der Waals surface area contributed by atoms with E-state index in [1.165, 1.54) is 12.1 Å². The van der Waals surface area contributed by atoms with Gasteiger partial charge < -0.3 is 10.4 Å². The van der Waals surface area contributed by atoms with Crippen LogP contribution < -0.4 is 10.6 Å². The van der Waals surface area contributed by atoms with Crippen LogP contribution in [-0.2, 0) is 6.42 Å². The predicted molar refractivity (Wildman–Crippen MR) is 97.4 cm³/mol. The summed E-state index contributed by atoms with van der Waals surface area (Å²) in [5.74, 6) is -0.416. The average molecular weight is 369 g/mol. The zero-order valence-corrected chi connectivity index (χ0v) is 14.3. The fourth-order valence-electron chi connectivity index (χ4n) is 1.89. The molecule has 2 rings (SSSR count). The molecule has 0 saturated carbocycles. The van der Waals surface area contributed by atoms with Crippen LogP contribution in [0, 0.1) is 0 Å². The SMILES string of the molecule is O=C(NC(=S)Nc1ccc(CCO)cc1)c1ccc(Cl)cc1Cl. The minimum atomic E-state index is -0.416. The van der Waals surface area contributed by atoms with Crippen molar-refractivity contribution in [1.82, 2.24) is 5.32 Å². The summed E-state index contributed by atoms with van der Waals surface area (Å²) < 4.78 is 0. The van der Waals surface area contributed by atoms with Crippen LogP contribution in [-0.4, -0.2) is 22.7 Å². The van der Waals surface area contributed by atoms with Crippen LogP contribution in [0.15, 0.2) is 42.5 Å². The van der Waals surface area contributed by atoms with Gasteiger partial charge in [-0.2, -0.15) is 0 Å². The third-order valence-corrected chi connectivity index (χ3v) is 3.77. The molecule has 120 valence electrons. The zero-order valence-electron chi connectivity index (χ0n) is 12.0. The van der Waals surface area contributed by atoms with Gasteiger partial charge >= 0.3 is 0 Å². The lowest BCUT2D eigenvalue weighted by Gasteiger charge is -2.11. The van der Waals surface area contributed by atoms with E-state index >= 15 is 0 Å². The lowest BCUT2D eigenvalue weighted by Crippen LogP contribution is -2.34. The van der Waals surface area contributed by atoms with E-state index in [0.29, 0.717) is 17.0 Å². The van der Waals surface area contributed by atoms with E-state index in [2.05, 4.69) is 10.6 Å². The van der Waals surface area contributed by atoms with Gasteiger partial charge in [0, 0.05) is 17.3 Å². The molecule has 0 unspecified atom stereocenters. The first-order valence-corrected chi connectivity index (χ1v) is 7.93. The Bertz CT molecular complexity index is 721. The lowest BCUT2D eigenvalue weighted by molar-refractivity contribution is 0.0978. The quantitative estimate of drug-likeness (QED) is 0.720. The molecule has 7 heteroatoms. The molecular formula is C16H14Cl2N2O2S. The smallest absolute Gasteiger partial charge is 0.258 e. The van der Waals surface area contributed by atoms with Crippen LogP contribution in [0.25, 0.3) is 0 Å². The Balaban J connectivity index is 1.97. The first-order chi connectivity index (χ1) is 11.0. The molecule has 0 aliphatic carbocycles. The molecule has 3 N–H and O–H groups in total. The van der Waals surface area contributed by atoms with E-state index < -0.39 is 5.91 Å². The van der Waals surface area contributed by atoms with Crippen molar-refractivity contribution in [3.05, 3.63) is 63.6 Å². The lowest BCUT2D eigenvalue weighted by atomic mass is 10.1. The van der Waals surface area contributed by atoms with Crippen molar-refractivity contribution in [3.63, 3.8) is 0 Å². The molecule has 2 aromatic rings. The summed E-state index contributed by atoms with van der Waals surface area (Å²) in [6, 6.07) is 12.0. The summed E-state index contributed by atoms with van der Waals surface area (Å²) in [5.41, 5.74) is 2.04. The van der Waals surface area contributed by atoms with Gasteiger partial charge in [0.1, 0.15) is 0 Å². The number of carbonyl (C=O) groups is 1. The number of rotatable bonds is 4. The first kappa shape index (κ1) is 17.7. The zero-order chi connectivity index (χ0) is 16.8. The highest BCUT2D eigenvalue weighted by Crippen LogP contribution is 2.20. The number of carbonyl (C=O) groups excluding carboxylic acids is 1. The number of hydrogen-bond acceptors (Lipinski definition) is 3. The van der Waals surface area contributed by atoms with Crippen molar-refractivity contribution in [1.29, 1.82) is 0 Å². The molecule has 4 nitrogen and oxygen atoms in total. The van der Waals surface area contributed by atoms with Gasteiger partial charge in [0.25, 0.3) is 5.91 Å². The van der Waals surface area contributed by atoms with Crippen LogP contribution in [0.2, 0.25) is 10.0 Å². The predicted octanol–water partition coefficient (Wildman–Crippen LogP) is 3.66. The number of nitrogens with one attached hydrogen (secondary N) is 2. The fourth-order valence-corrected chi connectivity index (χ4v) is 2.60. The Hall–Kier alpha value is -1.66. The molecule has 0 spiro atoms. The number of hydrogen-bond donors (Lipinski definition) is 3. The van der Waals surface area contributed by atoms with Crippen LogP contribution in [0.1, 0.15) is 15.9 Å². The van der Waals surface area contributed by atoms with Gasteiger partial charge in [-0.05, 0) is 54.5 Å². The summed E-state index contributed by atoms with van der Waals surface area (Å²) in [6.07, 6.45) is 0.594. The van der Waals surface area contributed by atoms with Crippen molar-refractivity contribution in [2.24, 2.45) is 0 Å². The van der Waals surface area contributed by atoms with Crippen molar-refractivity contribution in [2.45, 2.75) is 6.42 Å². The summed E-state index contributed by atoms with van der Waals surface area (Å²) in [6.45, 7) is 0.100. The topological polar surface area (TPSA) is 61.4 Å². The average Bonchev–Trinajstić information content (AvgIpc) is 2.49. The third-order valence-electron chi connectivity index (χ3n) is 3.02. The monoisotopic (exact) mass is 368 g/mol. The van der Waals surface area contributed by atoms with Gasteiger partial charge in [0.15, 0.2) is 5.11 Å². The van der Waals surface area contributed by atoms with Gasteiger partial charge in [-0.25, -0.2) is 0 Å². The minimum absolute atomic E-state index is 0.100. The molecule has 0 fully saturated rings. The molecular weight excluding hydrogens is 355 g/mol. The van der Waals surface area contributed by atoms with Crippen LogP contribution in [0.4, 0.5) is 5.69 Å². The molecule has 0 bridgehead atoms. The van der Waals surface area contributed by atoms with Crippen LogP contribution in [0.3, 0.4) is 0 Å². The van der Waals surface area contributed by atoms with Gasteiger partial charge in [0.2, 0.25) is 0 Å². The number of thiocarbonyl (C=S) groups is 1. The van der Waals surface area contributed by atoms with Gasteiger partial charge in [0.05, 0.1) is 10.6 Å². The standard InChI is InChI=1S/C16H14Cl2N2O2S/c17-11-3-6-13(14(18)9-11)15(22)20-16(23)19-12-4-1-10(2-5-12)7-8-21/h1-6,9,21H,7-8H2,(H2,19,20,22,23). The second-order valence-corrected chi connectivity index (χ2v) is 5.95. The van der Waals surface area contributed by atoms with E-state index in [1.807, 2.05) is 24.3 Å². The number of aliphatic hydroxyl groups is 1. The number of amides is 1. The molecule has 0 aliphatic rings. The third kappa shape index (κ3) is 5.18. The fraction of sp³-hybridized carbons (Fsp3) is 0.125. The van der Waals surface area contributed by atoms with Crippen molar-refractivity contribution < 1.29 is 9.90 Å². The Morgan fingerprint density at radius 2 is 1.83 bits per heavy atom. The molecule has 0 heterocycles. The highest BCUT2D eigenvalue weighted by molar-refractivity contribution is 7.80. The Morgan fingerprint density at radius 1 is 1.13 bits per heavy atom. The maximum Gasteiger partial charge on any atom is 0.258 e. The molecule has 0 atom stereocenters. The van der Waals surface area contributed by atoms with Gasteiger partial charge in [-0.1, -0.05) is 35.3 Å². The number of halogens is 2. The van der Waals surface area contributed by atoms with E-state index in [4.69, 9.17) is 40.5 Å². The first-order valence-electron chi connectivity index (χ1n) is 6.77. The highest BCUT2D eigenvalue weighted by atomic mass is 35.5. The molecule has 2 aromatic carbocycles. The second kappa shape index (κ2) is 8.26. The van der Waals surface area contributed by atoms with E-state index in [-0.39, 0.29) is 16.7 Å². The van der Waals surface area contributed by atoms with Crippen molar-refractivity contribution in [3.8, 4) is 0 Å². The van der Waals surface area contributed by atoms with E-state index in [1.54, 1.807) is 6.07 Å². The van der Waals surface area contributed by atoms with Crippen LogP contribution in [0.5, 0.6) is 0 Å². The van der Waals surface area contributed by atoms with Gasteiger partial charge in [-0.15, -0.1) is 0 Å². The number of anilines is 1. The maximum absolute atomic E-state index is 12.1. The molecule has 0 radical (unpaired) electrons. The number of aliphatic hydroxyl groups excluding tert-OH is 1. The Morgan fingerprint density at radius 3 is 2.43 bits per heavy atom. The summed E-state index contributed by atoms with van der Waals surface area (Å²) in [4.78, 5) is 12.1. The van der Waals surface area contributed by atoms with Crippen LogP contribution >= 0.6 is 35.4 Å². The molecule has 23 heavy (non-hydrogen) atoms. The summed E-state index contributed by atoms with van der Waals surface area (Å²) in [7, 11) is 0.